The summed E-state index contributed by atoms with van der Waals surface area (Å²) in [5, 5.41) is 2.92. The molecule has 2 aromatic rings. The Morgan fingerprint density at radius 2 is 1.71 bits per heavy atom. The van der Waals surface area contributed by atoms with Gasteiger partial charge in [-0.05, 0) is 49.1 Å². The maximum absolute atomic E-state index is 12.5. The number of amides is 1. The second kappa shape index (κ2) is 7.47. The van der Waals surface area contributed by atoms with Crippen LogP contribution in [0.15, 0.2) is 42.6 Å². The van der Waals surface area contributed by atoms with E-state index in [1.807, 2.05) is 24.3 Å². The van der Waals surface area contributed by atoms with Crippen molar-refractivity contribution in [2.45, 2.75) is 40.0 Å². The summed E-state index contributed by atoms with van der Waals surface area (Å²) in [7, 11) is 0. The van der Waals surface area contributed by atoms with E-state index < -0.39 is 0 Å². The number of anilines is 2. The molecule has 0 spiro atoms. The van der Waals surface area contributed by atoms with Gasteiger partial charge in [0.25, 0.3) is 5.91 Å². The topological polar surface area (TPSA) is 45.2 Å². The number of rotatable bonds is 5. The molecule has 1 amide bonds. The number of pyridine rings is 1. The highest BCUT2D eigenvalue weighted by Gasteiger charge is 2.14. The van der Waals surface area contributed by atoms with Crippen LogP contribution in [0.1, 0.15) is 50.7 Å². The summed E-state index contributed by atoms with van der Waals surface area (Å²) in [6.07, 6.45) is 1.69. The third-order valence-electron chi connectivity index (χ3n) is 4.11. The average molecular weight is 325 g/mol. The molecule has 0 aliphatic carbocycles. The molecular weight excluding hydrogens is 298 g/mol. The maximum Gasteiger partial charge on any atom is 0.274 e. The highest BCUT2D eigenvalue weighted by atomic mass is 16.1. The molecule has 0 atom stereocenters. The van der Waals surface area contributed by atoms with E-state index in [0.717, 1.165) is 24.5 Å². The zero-order chi connectivity index (χ0) is 17.7. The van der Waals surface area contributed by atoms with Gasteiger partial charge in [-0.15, -0.1) is 0 Å². The van der Waals surface area contributed by atoms with Gasteiger partial charge in [-0.25, -0.2) is 0 Å². The molecule has 0 unspecified atom stereocenters. The Bertz CT molecular complexity index is 683. The molecule has 2 rings (SSSR count). The van der Waals surface area contributed by atoms with Gasteiger partial charge >= 0.3 is 0 Å². The first kappa shape index (κ1) is 18.0. The summed E-state index contributed by atoms with van der Waals surface area (Å²) >= 11 is 0. The minimum atomic E-state index is -0.187. The number of carbonyl (C=O) groups excluding carboxylic acids is 1. The summed E-state index contributed by atoms with van der Waals surface area (Å²) in [6.45, 7) is 12.5. The summed E-state index contributed by atoms with van der Waals surface area (Å²) in [4.78, 5) is 18.9. The highest BCUT2D eigenvalue weighted by molar-refractivity contribution is 6.03. The third-order valence-corrected chi connectivity index (χ3v) is 4.11. The van der Waals surface area contributed by atoms with Crippen molar-refractivity contribution in [3.63, 3.8) is 0 Å². The van der Waals surface area contributed by atoms with Crippen LogP contribution in [-0.4, -0.2) is 24.0 Å². The van der Waals surface area contributed by atoms with Gasteiger partial charge < -0.3 is 10.2 Å². The first-order valence-electron chi connectivity index (χ1n) is 8.48. The van der Waals surface area contributed by atoms with Crippen LogP contribution in [0.3, 0.4) is 0 Å². The van der Waals surface area contributed by atoms with Gasteiger partial charge in [-0.3, -0.25) is 9.78 Å². The minimum Gasteiger partial charge on any atom is -0.372 e. The zero-order valence-corrected chi connectivity index (χ0v) is 15.3. The van der Waals surface area contributed by atoms with Crippen molar-refractivity contribution in [3.8, 4) is 0 Å². The molecule has 4 heteroatoms. The lowest BCUT2D eigenvalue weighted by Gasteiger charge is -2.21. The monoisotopic (exact) mass is 325 g/mol. The minimum absolute atomic E-state index is 0.0994. The summed E-state index contributed by atoms with van der Waals surface area (Å²) in [5.41, 5.74) is 3.56. The fraction of sp³-hybridized carbons (Fsp3) is 0.400. The lowest BCUT2D eigenvalue weighted by Crippen LogP contribution is -2.23. The molecule has 0 fully saturated rings. The van der Waals surface area contributed by atoms with Crippen molar-refractivity contribution in [2.24, 2.45) is 0 Å². The molecule has 0 bridgehead atoms. The Morgan fingerprint density at radius 1 is 1.08 bits per heavy atom. The van der Waals surface area contributed by atoms with Crippen LogP contribution in [0, 0.1) is 0 Å². The number of hydrogen-bond acceptors (Lipinski definition) is 3. The number of benzene rings is 1. The van der Waals surface area contributed by atoms with Gasteiger partial charge in [0.2, 0.25) is 0 Å². The van der Waals surface area contributed by atoms with E-state index in [0.29, 0.717) is 5.69 Å². The van der Waals surface area contributed by atoms with E-state index >= 15 is 0 Å². The van der Waals surface area contributed by atoms with Crippen molar-refractivity contribution in [3.05, 3.63) is 53.9 Å². The number of nitrogens with one attached hydrogen (secondary N) is 1. The van der Waals surface area contributed by atoms with Crippen molar-refractivity contribution >= 4 is 17.3 Å². The quantitative estimate of drug-likeness (QED) is 0.881. The molecule has 0 aliphatic rings. The van der Waals surface area contributed by atoms with E-state index in [-0.39, 0.29) is 11.3 Å². The number of carbonyl (C=O) groups is 1. The van der Waals surface area contributed by atoms with Gasteiger partial charge in [0.15, 0.2) is 0 Å². The summed E-state index contributed by atoms with van der Waals surface area (Å²) in [5.74, 6) is -0.187. The molecule has 1 heterocycles. The van der Waals surface area contributed by atoms with Crippen LogP contribution in [0.5, 0.6) is 0 Å². The third kappa shape index (κ3) is 4.34. The number of aromatic nitrogens is 1. The van der Waals surface area contributed by atoms with Gasteiger partial charge in [0.05, 0.1) is 0 Å². The van der Waals surface area contributed by atoms with E-state index in [1.165, 1.54) is 5.56 Å². The normalized spacial score (nSPS) is 11.2. The second-order valence-corrected chi connectivity index (χ2v) is 6.85. The lowest BCUT2D eigenvalue weighted by atomic mass is 9.87. The first-order chi connectivity index (χ1) is 11.3. The number of nitrogens with zero attached hydrogens (tertiary/aromatic N) is 2. The Morgan fingerprint density at radius 3 is 2.25 bits per heavy atom. The molecule has 1 aromatic carbocycles. The van der Waals surface area contributed by atoms with Crippen LogP contribution < -0.4 is 10.2 Å². The molecule has 0 radical (unpaired) electrons. The van der Waals surface area contributed by atoms with Gasteiger partial charge in [0.1, 0.15) is 5.69 Å². The molecular formula is C20H27N3O. The lowest BCUT2D eigenvalue weighted by molar-refractivity contribution is 0.102. The van der Waals surface area contributed by atoms with Crippen LogP contribution >= 0.6 is 0 Å². The number of hydrogen-bond donors (Lipinski definition) is 1. The molecule has 4 nitrogen and oxygen atoms in total. The Balaban J connectivity index is 2.14. The smallest absolute Gasteiger partial charge is 0.274 e. The predicted octanol–water partition coefficient (Wildman–Crippen LogP) is 4.48. The van der Waals surface area contributed by atoms with Crippen LogP contribution in [0.25, 0.3) is 0 Å². The van der Waals surface area contributed by atoms with Gasteiger partial charge in [-0.2, -0.15) is 0 Å². The maximum atomic E-state index is 12.5. The van der Waals surface area contributed by atoms with Crippen LogP contribution in [0.2, 0.25) is 0 Å². The summed E-state index contributed by atoms with van der Waals surface area (Å²) < 4.78 is 0. The van der Waals surface area contributed by atoms with Crippen LogP contribution in [0.4, 0.5) is 11.4 Å². The van der Waals surface area contributed by atoms with E-state index in [4.69, 9.17) is 0 Å². The van der Waals surface area contributed by atoms with E-state index in [9.17, 15) is 4.79 Å². The standard InChI is InChI=1S/C20H27N3O/c1-6-23(7-2)17-12-13-21-18(14-17)19(24)22-16-10-8-15(9-11-16)20(3,4)5/h8-14H,6-7H2,1-5H3,(H,22,24). The average Bonchev–Trinajstić information content (AvgIpc) is 2.56. The molecule has 0 aliphatic heterocycles. The zero-order valence-electron chi connectivity index (χ0n) is 15.3. The van der Waals surface area contributed by atoms with Crippen molar-refractivity contribution in [1.29, 1.82) is 0 Å². The molecule has 0 saturated carbocycles. The Kier molecular flexibility index (Phi) is 5.60. The molecule has 1 aromatic heterocycles. The van der Waals surface area contributed by atoms with E-state index in [1.54, 1.807) is 6.20 Å². The molecule has 0 saturated heterocycles. The highest BCUT2D eigenvalue weighted by Crippen LogP contribution is 2.23. The molecule has 1 N–H and O–H groups in total. The predicted molar refractivity (Wildman–Crippen MR) is 101 cm³/mol. The van der Waals surface area contributed by atoms with Gasteiger partial charge in [-0.1, -0.05) is 32.9 Å². The van der Waals surface area contributed by atoms with Gasteiger partial charge in [0, 0.05) is 30.7 Å². The molecule has 128 valence electrons. The van der Waals surface area contributed by atoms with E-state index in [2.05, 4.69) is 62.0 Å². The molecule has 24 heavy (non-hydrogen) atoms. The first-order valence-corrected chi connectivity index (χ1v) is 8.48. The second-order valence-electron chi connectivity index (χ2n) is 6.85. The SMILES string of the molecule is CCN(CC)c1ccnc(C(=O)Nc2ccc(C(C)(C)C)cc2)c1. The largest absolute Gasteiger partial charge is 0.372 e. The van der Waals surface area contributed by atoms with Crippen molar-refractivity contribution in [1.82, 2.24) is 4.98 Å². The Labute approximate surface area is 144 Å². The van der Waals surface area contributed by atoms with Crippen molar-refractivity contribution < 1.29 is 4.79 Å². The van der Waals surface area contributed by atoms with Crippen molar-refractivity contribution in [2.75, 3.05) is 23.3 Å². The van der Waals surface area contributed by atoms with Crippen LogP contribution in [-0.2, 0) is 5.41 Å². The fourth-order valence-corrected chi connectivity index (χ4v) is 2.58. The summed E-state index contributed by atoms with van der Waals surface area (Å²) in [6, 6.07) is 11.7. The Hall–Kier alpha value is -2.36. The fourth-order valence-electron chi connectivity index (χ4n) is 2.58.